The third kappa shape index (κ3) is 2.18. The summed E-state index contributed by atoms with van der Waals surface area (Å²) in [6, 6.07) is 10.3. The zero-order valence-electron chi connectivity index (χ0n) is 13.4. The number of rotatable bonds is 2. The highest BCUT2D eigenvalue weighted by Gasteiger charge is 2.58. The largest absolute Gasteiger partial charge is 0.331 e. The van der Waals surface area contributed by atoms with Crippen LogP contribution < -0.4 is 4.90 Å². The molecule has 0 aromatic carbocycles. The van der Waals surface area contributed by atoms with Crippen LogP contribution in [-0.4, -0.2) is 25.3 Å². The lowest BCUT2D eigenvalue weighted by molar-refractivity contribution is -0.897. The van der Waals surface area contributed by atoms with E-state index >= 15 is 0 Å². The highest BCUT2D eigenvalue weighted by Crippen LogP contribution is 2.53. The molecule has 2 aliphatic rings. The van der Waals surface area contributed by atoms with Crippen molar-refractivity contribution >= 4 is 17.0 Å². The predicted octanol–water partition coefficient (Wildman–Crippen LogP) is 1.50. The second-order valence-electron chi connectivity index (χ2n) is 6.32. The molecule has 0 amide bonds. The van der Waals surface area contributed by atoms with E-state index in [2.05, 4.69) is 31.2 Å². The second-order valence-corrected chi connectivity index (χ2v) is 7.30. The normalized spacial score (nSPS) is 31.1. The van der Waals surface area contributed by atoms with Gasteiger partial charge in [-0.15, -0.1) is 11.3 Å². The third-order valence-electron chi connectivity index (χ3n) is 5.31. The Morgan fingerprint density at radius 3 is 2.67 bits per heavy atom. The Morgan fingerprint density at radius 2 is 2.12 bits per heavy atom. The highest BCUT2D eigenvalue weighted by molar-refractivity contribution is 7.10. The van der Waals surface area contributed by atoms with Crippen LogP contribution in [0.2, 0.25) is 0 Å². The van der Waals surface area contributed by atoms with Crippen LogP contribution in [0, 0.1) is 56.7 Å². The van der Waals surface area contributed by atoms with Crippen LogP contribution in [0.25, 0.3) is 0 Å². The van der Waals surface area contributed by atoms with Gasteiger partial charge in [0.2, 0.25) is 0 Å². The van der Waals surface area contributed by atoms with Gasteiger partial charge in [-0.1, -0.05) is 6.07 Å². The molecule has 0 bridgehead atoms. The summed E-state index contributed by atoms with van der Waals surface area (Å²) >= 11 is 1.52. The Balaban J connectivity index is 2.23. The van der Waals surface area contributed by atoms with Gasteiger partial charge in [0.1, 0.15) is 5.92 Å². The van der Waals surface area contributed by atoms with E-state index < -0.39 is 11.3 Å². The maximum absolute atomic E-state index is 9.86. The molecule has 1 aliphatic carbocycles. The van der Waals surface area contributed by atoms with E-state index in [9.17, 15) is 15.8 Å². The minimum atomic E-state index is -1.57. The fourth-order valence-electron chi connectivity index (χ4n) is 4.02. The monoisotopic (exact) mass is 336 g/mol. The van der Waals surface area contributed by atoms with Crippen molar-refractivity contribution in [2.75, 3.05) is 19.6 Å². The van der Waals surface area contributed by atoms with Gasteiger partial charge in [-0.05, 0) is 30.0 Å². The van der Waals surface area contributed by atoms with Gasteiger partial charge in [-0.3, -0.25) is 0 Å². The number of hydrogen-bond donors (Lipinski definition) is 2. The molecule has 24 heavy (non-hydrogen) atoms. The first-order valence-corrected chi connectivity index (χ1v) is 8.88. The summed E-state index contributed by atoms with van der Waals surface area (Å²) in [5.74, 6) is -1.19. The van der Waals surface area contributed by atoms with E-state index in [1.54, 1.807) is 0 Å². The molecule has 0 radical (unpaired) electrons. The van der Waals surface area contributed by atoms with Crippen molar-refractivity contribution in [2.45, 2.75) is 12.8 Å². The quantitative estimate of drug-likeness (QED) is 0.800. The lowest BCUT2D eigenvalue weighted by atomic mass is 9.55. The zero-order chi connectivity index (χ0) is 17.3. The summed E-state index contributed by atoms with van der Waals surface area (Å²) in [6.07, 6.45) is 2.06. The van der Waals surface area contributed by atoms with Gasteiger partial charge < -0.3 is 10.3 Å². The Labute approximate surface area is 145 Å². The summed E-state index contributed by atoms with van der Waals surface area (Å²) in [6.45, 7) is 4.69. The van der Waals surface area contributed by atoms with Crippen molar-refractivity contribution in [3.8, 4) is 18.2 Å². The zero-order valence-corrected chi connectivity index (χ0v) is 14.2. The molecule has 0 saturated heterocycles. The Kier molecular flexibility index (Phi) is 4.24. The van der Waals surface area contributed by atoms with E-state index in [-0.39, 0.29) is 17.5 Å². The smallest absolute Gasteiger partial charge is 0.190 e. The van der Waals surface area contributed by atoms with Crippen molar-refractivity contribution in [2.24, 2.45) is 17.3 Å². The summed E-state index contributed by atoms with van der Waals surface area (Å²) in [5.41, 5.74) is -0.696. The topological polar surface area (TPSA) is 99.7 Å². The second kappa shape index (κ2) is 6.21. The number of quaternary nitrogens is 1. The van der Waals surface area contributed by atoms with Crippen molar-refractivity contribution in [3.63, 3.8) is 0 Å². The molecule has 6 heteroatoms. The van der Waals surface area contributed by atoms with Crippen LogP contribution >= 0.6 is 11.3 Å². The lowest BCUT2D eigenvalue weighted by Crippen LogP contribution is -3.13. The van der Waals surface area contributed by atoms with Crippen LogP contribution in [0.15, 0.2) is 29.2 Å². The van der Waals surface area contributed by atoms with Gasteiger partial charge in [0.15, 0.2) is 5.41 Å². The first-order chi connectivity index (χ1) is 11.6. The number of thiophene rings is 1. The van der Waals surface area contributed by atoms with E-state index in [0.717, 1.165) is 30.1 Å². The van der Waals surface area contributed by atoms with Gasteiger partial charge in [0.05, 0.1) is 43.6 Å². The first-order valence-electron chi connectivity index (χ1n) is 8.00. The Hall–Kier alpha value is -2.46. The molecular formula is C18H18N5S+. The molecule has 120 valence electrons. The average Bonchev–Trinajstić information content (AvgIpc) is 3.14. The van der Waals surface area contributed by atoms with E-state index in [0.29, 0.717) is 0 Å². The molecule has 1 aliphatic heterocycles. The standard InChI is InChI=1S/C18H17N5S/c1-2-23-6-5-12-13(8-19)17(22)18(10-20,11-21)16(14(12)9-23)15-4-3-7-24-15/h3-5,7,13-14,16,22H,2,6,9H2,1H3/p+1/t13?,14-,16-/m1/s1. The van der Waals surface area contributed by atoms with Crippen LogP contribution in [0.4, 0.5) is 0 Å². The molecular weight excluding hydrogens is 318 g/mol. The van der Waals surface area contributed by atoms with Crippen LogP contribution in [0.1, 0.15) is 17.7 Å². The molecule has 2 heterocycles. The minimum absolute atomic E-state index is 0.0506. The lowest BCUT2D eigenvalue weighted by Gasteiger charge is -2.45. The SMILES string of the molecule is CC[NH+]1CC=C2C(C#N)C(=N)C(C#N)(C#N)[C@@H](c3cccs3)[C@@H]2C1. The molecule has 4 atom stereocenters. The molecule has 1 saturated carbocycles. The van der Waals surface area contributed by atoms with Crippen molar-refractivity contribution < 1.29 is 4.90 Å². The number of hydrogen-bond acceptors (Lipinski definition) is 5. The van der Waals surface area contributed by atoms with Gasteiger partial charge >= 0.3 is 0 Å². The number of nitrogens with zero attached hydrogens (tertiary/aromatic N) is 3. The Morgan fingerprint density at radius 1 is 1.38 bits per heavy atom. The third-order valence-corrected chi connectivity index (χ3v) is 6.27. The van der Waals surface area contributed by atoms with Crippen LogP contribution in [-0.2, 0) is 0 Å². The molecule has 3 rings (SSSR count). The van der Waals surface area contributed by atoms with Crippen LogP contribution in [0.3, 0.4) is 0 Å². The summed E-state index contributed by atoms with van der Waals surface area (Å²) < 4.78 is 0. The number of nitriles is 3. The molecule has 2 N–H and O–H groups in total. The maximum Gasteiger partial charge on any atom is 0.190 e. The van der Waals surface area contributed by atoms with Crippen molar-refractivity contribution in [1.29, 1.82) is 21.2 Å². The fourth-order valence-corrected chi connectivity index (χ4v) is 4.98. The number of likely N-dealkylation sites (N-methyl/N-ethyl adjacent to an activating group) is 1. The number of fused-ring (bicyclic) bond motifs is 1. The average molecular weight is 336 g/mol. The van der Waals surface area contributed by atoms with Gasteiger partial charge in [0.25, 0.3) is 0 Å². The fraction of sp³-hybridized carbons (Fsp3) is 0.444. The summed E-state index contributed by atoms with van der Waals surface area (Å²) in [7, 11) is 0. The molecule has 0 spiro atoms. The van der Waals surface area contributed by atoms with E-state index in [1.165, 1.54) is 16.2 Å². The van der Waals surface area contributed by atoms with Gasteiger partial charge in [-0.2, -0.15) is 15.8 Å². The van der Waals surface area contributed by atoms with E-state index in [1.807, 2.05) is 17.5 Å². The molecule has 5 nitrogen and oxygen atoms in total. The molecule has 1 fully saturated rings. The maximum atomic E-state index is 9.86. The predicted molar refractivity (Wildman–Crippen MR) is 90.4 cm³/mol. The van der Waals surface area contributed by atoms with E-state index in [4.69, 9.17) is 5.41 Å². The van der Waals surface area contributed by atoms with Gasteiger partial charge in [-0.25, -0.2) is 0 Å². The summed E-state index contributed by atoms with van der Waals surface area (Å²) in [5, 5.41) is 39.8. The van der Waals surface area contributed by atoms with Gasteiger partial charge in [0, 0.05) is 16.7 Å². The minimum Gasteiger partial charge on any atom is -0.331 e. The van der Waals surface area contributed by atoms with Crippen molar-refractivity contribution in [3.05, 3.63) is 34.0 Å². The first kappa shape index (κ1) is 16.4. The number of nitrogens with one attached hydrogen (secondary N) is 2. The molecule has 2 unspecified atom stereocenters. The molecule has 1 aromatic heterocycles. The van der Waals surface area contributed by atoms with Crippen LogP contribution in [0.5, 0.6) is 0 Å². The van der Waals surface area contributed by atoms with Crippen molar-refractivity contribution in [1.82, 2.24) is 0 Å². The Bertz CT molecular complexity index is 788. The summed E-state index contributed by atoms with van der Waals surface area (Å²) in [4.78, 5) is 2.33. The highest BCUT2D eigenvalue weighted by atomic mass is 32.1. The molecule has 1 aromatic rings.